The number of carbonyl (C=O) groups excluding carboxylic acids is 2. The van der Waals surface area contributed by atoms with E-state index < -0.39 is 11.4 Å². The molecule has 1 aliphatic heterocycles. The molecule has 3 aromatic rings. The van der Waals surface area contributed by atoms with Crippen LogP contribution in [0, 0.1) is 19.7 Å². The van der Waals surface area contributed by atoms with Gasteiger partial charge in [-0.1, -0.05) is 37.1 Å². The predicted molar refractivity (Wildman–Crippen MR) is 132 cm³/mol. The number of fused-ring (bicyclic) bond motifs is 1. The van der Waals surface area contributed by atoms with E-state index in [2.05, 4.69) is 0 Å². The molecule has 0 bridgehead atoms. The first-order chi connectivity index (χ1) is 17.4. The van der Waals surface area contributed by atoms with Gasteiger partial charge in [-0.05, 0) is 62.6 Å². The number of ketones is 1. The maximum absolute atomic E-state index is 13.9. The highest BCUT2D eigenvalue weighted by Gasteiger charge is 2.44. The first-order valence-corrected chi connectivity index (χ1v) is 12.4. The second-order valence-electron chi connectivity index (χ2n) is 9.69. The van der Waals surface area contributed by atoms with Crippen LogP contribution in [0.5, 0.6) is 11.5 Å². The molecule has 6 nitrogen and oxygen atoms in total. The Morgan fingerprint density at radius 1 is 1.06 bits per heavy atom. The molecule has 1 atom stereocenters. The Balaban J connectivity index is 1.27. The van der Waals surface area contributed by atoms with Crippen molar-refractivity contribution in [2.45, 2.75) is 57.6 Å². The molecule has 1 aliphatic carbocycles. The maximum atomic E-state index is 13.9. The average molecular weight is 492 g/mol. The molecule has 7 heteroatoms. The number of aryl methyl sites for hydroxylation is 1. The fraction of sp³-hybridized carbons (Fsp3) is 0.379. The zero-order valence-electron chi connectivity index (χ0n) is 20.6. The largest absolute Gasteiger partial charge is 0.486 e. The van der Waals surface area contributed by atoms with E-state index in [0.717, 1.165) is 30.0 Å². The molecular formula is C29H30FNO5. The molecule has 0 unspecified atom stereocenters. The Hall–Kier alpha value is -3.61. The number of carbonyl (C=O) groups is 2. The number of nitrogens with zero attached hydrogens (tertiary/aromatic N) is 1. The summed E-state index contributed by atoms with van der Waals surface area (Å²) >= 11 is 0. The van der Waals surface area contributed by atoms with Crippen LogP contribution in [0.15, 0.2) is 54.6 Å². The Labute approximate surface area is 210 Å². The summed E-state index contributed by atoms with van der Waals surface area (Å²) in [5, 5.41) is 0. The summed E-state index contributed by atoms with van der Waals surface area (Å²) in [6, 6.07) is 15.5. The van der Waals surface area contributed by atoms with Gasteiger partial charge in [0.15, 0.2) is 24.2 Å². The lowest BCUT2D eigenvalue weighted by atomic mass is 9.79. The SMILES string of the molecule is Cc1cc(C(=O)COC(=O)C2(c3cccc(F)c3)CCCC2)c(C)n1C[C@@H]1COc2ccccc2O1. The standard InChI is InChI=1S/C29H30FNO5/c1-19-14-24(20(2)31(19)16-23-17-34-26-10-3-4-11-27(26)36-23)25(32)18-35-28(33)29(12-5-6-13-29)21-8-7-9-22(30)15-21/h3-4,7-11,14-15,23H,5-6,12-13,16-18H2,1-2H3/t23-/m1/s1. The van der Waals surface area contributed by atoms with Gasteiger partial charge in [0.2, 0.25) is 5.78 Å². The first kappa shape index (κ1) is 24.1. The normalized spacial score (nSPS) is 18.1. The van der Waals surface area contributed by atoms with E-state index in [1.807, 2.05) is 48.7 Å². The number of para-hydroxylation sites is 2. The van der Waals surface area contributed by atoms with Crippen molar-refractivity contribution in [3.05, 3.63) is 82.9 Å². The summed E-state index contributed by atoms with van der Waals surface area (Å²) in [6.45, 7) is 4.41. The van der Waals surface area contributed by atoms with Crippen molar-refractivity contribution in [3.63, 3.8) is 0 Å². The summed E-state index contributed by atoms with van der Waals surface area (Å²) in [6.07, 6.45) is 2.70. The zero-order valence-corrected chi connectivity index (χ0v) is 20.6. The molecule has 0 spiro atoms. The van der Waals surface area contributed by atoms with Gasteiger partial charge in [-0.15, -0.1) is 0 Å². The number of benzene rings is 2. The fourth-order valence-electron chi connectivity index (χ4n) is 5.44. The summed E-state index contributed by atoms with van der Waals surface area (Å²) < 4.78 is 33.4. The molecule has 2 heterocycles. The predicted octanol–water partition coefficient (Wildman–Crippen LogP) is 5.32. The van der Waals surface area contributed by atoms with Crippen molar-refractivity contribution in [3.8, 4) is 11.5 Å². The van der Waals surface area contributed by atoms with Crippen molar-refractivity contribution < 1.29 is 28.2 Å². The number of esters is 1. The summed E-state index contributed by atoms with van der Waals surface area (Å²) in [5.74, 6) is 0.329. The van der Waals surface area contributed by atoms with Crippen LogP contribution in [-0.2, 0) is 21.5 Å². The van der Waals surface area contributed by atoms with Crippen LogP contribution >= 0.6 is 0 Å². The first-order valence-electron chi connectivity index (χ1n) is 12.4. The van der Waals surface area contributed by atoms with Crippen LogP contribution in [0.2, 0.25) is 0 Å². The minimum absolute atomic E-state index is 0.195. The lowest BCUT2D eigenvalue weighted by Gasteiger charge is -2.27. The van der Waals surface area contributed by atoms with Crippen LogP contribution in [0.25, 0.3) is 0 Å². The third-order valence-corrected chi connectivity index (χ3v) is 7.39. The molecule has 188 valence electrons. The molecule has 1 aromatic heterocycles. The fourth-order valence-corrected chi connectivity index (χ4v) is 5.44. The maximum Gasteiger partial charge on any atom is 0.317 e. The topological polar surface area (TPSA) is 66.8 Å². The van der Waals surface area contributed by atoms with Gasteiger partial charge in [-0.2, -0.15) is 0 Å². The Bertz CT molecular complexity index is 1290. The van der Waals surface area contributed by atoms with E-state index in [9.17, 15) is 14.0 Å². The number of rotatable bonds is 7. The van der Waals surface area contributed by atoms with Crippen LogP contribution in [-0.4, -0.2) is 35.6 Å². The quantitative estimate of drug-likeness (QED) is 0.331. The highest BCUT2D eigenvalue weighted by atomic mass is 19.1. The summed E-state index contributed by atoms with van der Waals surface area (Å²) in [7, 11) is 0. The molecule has 0 N–H and O–H groups in total. The van der Waals surface area contributed by atoms with E-state index >= 15 is 0 Å². The van der Waals surface area contributed by atoms with Gasteiger partial charge in [-0.25, -0.2) is 4.39 Å². The van der Waals surface area contributed by atoms with Crippen molar-refractivity contribution in [2.75, 3.05) is 13.2 Å². The molecule has 5 rings (SSSR count). The zero-order chi connectivity index (χ0) is 25.3. The van der Waals surface area contributed by atoms with Gasteiger partial charge < -0.3 is 18.8 Å². The van der Waals surface area contributed by atoms with Gasteiger partial charge in [0.05, 0.1) is 12.0 Å². The third kappa shape index (κ3) is 4.50. The van der Waals surface area contributed by atoms with Crippen molar-refractivity contribution >= 4 is 11.8 Å². The summed E-state index contributed by atoms with van der Waals surface area (Å²) in [4.78, 5) is 26.3. The minimum Gasteiger partial charge on any atom is -0.486 e. The van der Waals surface area contributed by atoms with Gasteiger partial charge in [0.25, 0.3) is 0 Å². The Kier molecular flexibility index (Phi) is 6.56. The van der Waals surface area contributed by atoms with E-state index in [1.165, 1.54) is 12.1 Å². The average Bonchev–Trinajstić information content (AvgIpc) is 3.49. The molecule has 1 fully saturated rings. The second kappa shape index (κ2) is 9.80. The molecule has 0 saturated heterocycles. The van der Waals surface area contributed by atoms with Crippen molar-refractivity contribution in [2.24, 2.45) is 0 Å². The van der Waals surface area contributed by atoms with Gasteiger partial charge in [-0.3, -0.25) is 9.59 Å². The second-order valence-corrected chi connectivity index (χ2v) is 9.69. The van der Waals surface area contributed by atoms with Crippen LogP contribution < -0.4 is 9.47 Å². The third-order valence-electron chi connectivity index (χ3n) is 7.39. The van der Waals surface area contributed by atoms with E-state index in [-0.39, 0.29) is 24.3 Å². The van der Waals surface area contributed by atoms with Gasteiger partial charge in [0.1, 0.15) is 12.4 Å². The number of ether oxygens (including phenoxy) is 3. The molecule has 36 heavy (non-hydrogen) atoms. The number of hydrogen-bond acceptors (Lipinski definition) is 5. The molecule has 2 aliphatic rings. The minimum atomic E-state index is -0.895. The van der Waals surface area contributed by atoms with Crippen molar-refractivity contribution in [1.82, 2.24) is 4.57 Å². The van der Waals surface area contributed by atoms with E-state index in [0.29, 0.717) is 42.9 Å². The smallest absolute Gasteiger partial charge is 0.317 e. The van der Waals surface area contributed by atoms with Crippen LogP contribution in [0.3, 0.4) is 0 Å². The molecule has 2 aromatic carbocycles. The lowest BCUT2D eigenvalue weighted by molar-refractivity contribution is -0.149. The van der Waals surface area contributed by atoms with E-state index in [4.69, 9.17) is 14.2 Å². The number of aromatic nitrogens is 1. The monoisotopic (exact) mass is 491 g/mol. The number of Topliss-reactive ketones (excluding diaryl/α,β-unsaturated/α-hetero) is 1. The lowest BCUT2D eigenvalue weighted by Crippen LogP contribution is -2.36. The summed E-state index contributed by atoms with van der Waals surface area (Å²) in [5.41, 5.74) is 1.94. The molecule has 0 amide bonds. The highest BCUT2D eigenvalue weighted by molar-refractivity contribution is 5.99. The van der Waals surface area contributed by atoms with Crippen LogP contribution in [0.1, 0.15) is 53.0 Å². The van der Waals surface area contributed by atoms with Gasteiger partial charge >= 0.3 is 5.97 Å². The molecule has 0 radical (unpaired) electrons. The van der Waals surface area contributed by atoms with Crippen LogP contribution in [0.4, 0.5) is 4.39 Å². The number of hydrogen-bond donors (Lipinski definition) is 0. The van der Waals surface area contributed by atoms with E-state index in [1.54, 1.807) is 12.1 Å². The number of halogens is 1. The Morgan fingerprint density at radius 3 is 2.56 bits per heavy atom. The highest BCUT2D eigenvalue weighted by Crippen LogP contribution is 2.42. The van der Waals surface area contributed by atoms with Gasteiger partial charge in [0, 0.05) is 17.0 Å². The molecular weight excluding hydrogens is 461 g/mol. The molecule has 1 saturated carbocycles. The van der Waals surface area contributed by atoms with Crippen molar-refractivity contribution in [1.29, 1.82) is 0 Å². The Morgan fingerprint density at radius 2 is 1.81 bits per heavy atom.